The summed E-state index contributed by atoms with van der Waals surface area (Å²) in [4.78, 5) is 11.4. The number of pyridine rings is 2. The smallest absolute Gasteiger partial charge is 0.181 e. The number of hydrogen-bond acceptors (Lipinski definition) is 5. The van der Waals surface area contributed by atoms with Crippen molar-refractivity contribution in [1.82, 2.24) is 19.7 Å². The molecule has 0 aromatic carbocycles. The van der Waals surface area contributed by atoms with E-state index in [9.17, 15) is 5.11 Å². The van der Waals surface area contributed by atoms with Crippen LogP contribution in [0, 0.1) is 5.41 Å². The van der Waals surface area contributed by atoms with Crippen LogP contribution in [0.25, 0.3) is 32.5 Å². The lowest BCUT2D eigenvalue weighted by Gasteiger charge is -2.51. The van der Waals surface area contributed by atoms with Gasteiger partial charge in [-0.15, -0.1) is 11.3 Å². The minimum atomic E-state index is -0.647. The first kappa shape index (κ1) is 16.6. The zero-order valence-electron chi connectivity index (χ0n) is 15.9. The third-order valence-corrected chi connectivity index (χ3v) is 7.85. The Hall–Kier alpha value is -2.31. The van der Waals surface area contributed by atoms with Gasteiger partial charge in [0.25, 0.3) is 0 Å². The summed E-state index contributed by atoms with van der Waals surface area (Å²) in [6.45, 7) is 0. The largest absolute Gasteiger partial charge is 0.384 e. The van der Waals surface area contributed by atoms with Gasteiger partial charge in [-0.25, -0.2) is 9.97 Å². The Morgan fingerprint density at radius 3 is 2.75 bits per heavy atom. The molecule has 0 radical (unpaired) electrons. The topological polar surface area (TPSA) is 63.8 Å². The van der Waals surface area contributed by atoms with Crippen molar-refractivity contribution in [3.8, 4) is 11.3 Å². The summed E-state index contributed by atoms with van der Waals surface area (Å²) in [6, 6.07) is 8.38. The van der Waals surface area contributed by atoms with Crippen molar-refractivity contribution < 1.29 is 5.11 Å². The molecule has 0 unspecified atom stereocenters. The summed E-state index contributed by atoms with van der Waals surface area (Å²) < 4.78 is 1.78. The SMILES string of the molecule is Cn1cc2cc(-c3ccc4cc(C5(O)CC6(CCCC6)C5)sc4n3)cnc2n1. The maximum absolute atomic E-state index is 11.2. The fourth-order valence-corrected chi connectivity index (χ4v) is 6.44. The lowest BCUT2D eigenvalue weighted by atomic mass is 9.58. The molecule has 0 atom stereocenters. The molecule has 4 aromatic heterocycles. The maximum atomic E-state index is 11.2. The molecule has 5 nitrogen and oxygen atoms in total. The predicted octanol–water partition coefficient (Wildman–Crippen LogP) is 4.79. The van der Waals surface area contributed by atoms with Crippen LogP contribution in [-0.4, -0.2) is 24.9 Å². The van der Waals surface area contributed by atoms with Crippen molar-refractivity contribution in [2.24, 2.45) is 12.5 Å². The van der Waals surface area contributed by atoms with Crippen molar-refractivity contribution in [3.63, 3.8) is 0 Å². The van der Waals surface area contributed by atoms with Crippen molar-refractivity contribution >= 4 is 32.6 Å². The van der Waals surface area contributed by atoms with Gasteiger partial charge in [-0.2, -0.15) is 5.10 Å². The second kappa shape index (κ2) is 5.61. The molecule has 2 fully saturated rings. The highest BCUT2D eigenvalue weighted by Gasteiger charge is 2.55. The van der Waals surface area contributed by atoms with Crippen LogP contribution in [0.2, 0.25) is 0 Å². The number of aryl methyl sites for hydroxylation is 1. The number of thiophene rings is 1. The van der Waals surface area contributed by atoms with E-state index in [2.05, 4.69) is 28.3 Å². The van der Waals surface area contributed by atoms with E-state index in [1.807, 2.05) is 25.5 Å². The van der Waals surface area contributed by atoms with Crippen LogP contribution in [0.1, 0.15) is 43.4 Å². The van der Waals surface area contributed by atoms with E-state index in [1.54, 1.807) is 16.0 Å². The summed E-state index contributed by atoms with van der Waals surface area (Å²) in [5.74, 6) is 0. The Balaban J connectivity index is 1.35. The zero-order chi connectivity index (χ0) is 18.9. The van der Waals surface area contributed by atoms with Crippen LogP contribution in [-0.2, 0) is 12.6 Å². The van der Waals surface area contributed by atoms with Crippen molar-refractivity contribution in [2.45, 2.75) is 44.1 Å². The highest BCUT2D eigenvalue weighted by Crippen LogP contribution is 2.62. The highest BCUT2D eigenvalue weighted by molar-refractivity contribution is 7.18. The molecule has 6 heteroatoms. The summed E-state index contributed by atoms with van der Waals surface area (Å²) >= 11 is 1.64. The molecule has 0 amide bonds. The Labute approximate surface area is 167 Å². The summed E-state index contributed by atoms with van der Waals surface area (Å²) in [7, 11) is 1.90. The first-order chi connectivity index (χ1) is 13.5. The molecule has 0 aliphatic heterocycles. The molecule has 142 valence electrons. The Morgan fingerprint density at radius 1 is 1.11 bits per heavy atom. The van der Waals surface area contributed by atoms with Crippen molar-refractivity contribution in [3.05, 3.63) is 41.5 Å². The van der Waals surface area contributed by atoms with E-state index in [0.717, 1.165) is 50.2 Å². The number of fused-ring (bicyclic) bond motifs is 2. The Kier molecular flexibility index (Phi) is 3.33. The summed E-state index contributed by atoms with van der Waals surface area (Å²) in [5, 5.41) is 17.6. The maximum Gasteiger partial charge on any atom is 0.181 e. The van der Waals surface area contributed by atoms with E-state index >= 15 is 0 Å². The second-order valence-corrected chi connectivity index (χ2v) is 9.76. The second-order valence-electron chi connectivity index (χ2n) is 8.73. The quantitative estimate of drug-likeness (QED) is 0.535. The number of nitrogens with zero attached hydrogens (tertiary/aromatic N) is 4. The molecule has 4 heterocycles. The van der Waals surface area contributed by atoms with Crippen LogP contribution < -0.4 is 0 Å². The molecule has 6 rings (SSSR count). The standard InChI is InChI=1S/C22H22N4OS/c1-26-11-16-8-15(10-23-19(16)25-26)17-5-4-14-9-18(28-20(14)24-17)22(27)12-21(13-22)6-2-3-7-21/h4-5,8-11,27H,2-3,6-7,12-13H2,1H3. The number of aromatic nitrogens is 4. The van der Waals surface area contributed by atoms with Gasteiger partial charge in [-0.3, -0.25) is 4.68 Å². The average molecular weight is 391 g/mol. The lowest BCUT2D eigenvalue weighted by Crippen LogP contribution is -2.47. The van der Waals surface area contributed by atoms with Crippen molar-refractivity contribution in [1.29, 1.82) is 0 Å². The van der Waals surface area contributed by atoms with Crippen LogP contribution >= 0.6 is 11.3 Å². The highest BCUT2D eigenvalue weighted by atomic mass is 32.1. The van der Waals surface area contributed by atoms with Gasteiger partial charge >= 0.3 is 0 Å². The molecular formula is C22H22N4OS. The van der Waals surface area contributed by atoms with E-state index in [1.165, 1.54) is 25.7 Å². The summed E-state index contributed by atoms with van der Waals surface area (Å²) in [5.41, 5.74) is 2.41. The minimum Gasteiger partial charge on any atom is -0.384 e. The van der Waals surface area contributed by atoms with Gasteiger partial charge in [0.05, 0.1) is 11.3 Å². The molecule has 0 bridgehead atoms. The van der Waals surface area contributed by atoms with Gasteiger partial charge < -0.3 is 5.11 Å². The number of hydrogen-bond donors (Lipinski definition) is 1. The van der Waals surface area contributed by atoms with Crippen LogP contribution in [0.4, 0.5) is 0 Å². The third-order valence-electron chi connectivity index (χ3n) is 6.61. The molecule has 4 aromatic rings. The number of rotatable bonds is 2. The molecule has 2 aliphatic rings. The van der Waals surface area contributed by atoms with E-state index < -0.39 is 5.60 Å². The van der Waals surface area contributed by atoms with Crippen LogP contribution in [0.5, 0.6) is 0 Å². The molecule has 1 spiro atoms. The van der Waals surface area contributed by atoms with Gasteiger partial charge in [-0.05, 0) is 55.4 Å². The molecule has 1 N–H and O–H groups in total. The number of aliphatic hydroxyl groups is 1. The molecule has 2 aliphatic carbocycles. The summed E-state index contributed by atoms with van der Waals surface area (Å²) in [6.07, 6.45) is 10.9. The lowest BCUT2D eigenvalue weighted by molar-refractivity contribution is -0.130. The Morgan fingerprint density at radius 2 is 1.93 bits per heavy atom. The zero-order valence-corrected chi connectivity index (χ0v) is 16.7. The van der Waals surface area contributed by atoms with Crippen LogP contribution in [0.3, 0.4) is 0 Å². The first-order valence-corrected chi connectivity index (χ1v) is 10.8. The van der Waals surface area contributed by atoms with Gasteiger partial charge in [-0.1, -0.05) is 12.8 Å². The van der Waals surface area contributed by atoms with E-state index in [4.69, 9.17) is 4.98 Å². The van der Waals surface area contributed by atoms with Crippen molar-refractivity contribution in [2.75, 3.05) is 0 Å². The predicted molar refractivity (Wildman–Crippen MR) is 111 cm³/mol. The Bertz CT molecular complexity index is 1210. The van der Waals surface area contributed by atoms with Gasteiger partial charge in [0.15, 0.2) is 5.65 Å². The van der Waals surface area contributed by atoms with Gasteiger partial charge in [0.2, 0.25) is 0 Å². The monoisotopic (exact) mass is 390 g/mol. The van der Waals surface area contributed by atoms with Gasteiger partial charge in [0, 0.05) is 40.7 Å². The van der Waals surface area contributed by atoms with Gasteiger partial charge in [0.1, 0.15) is 4.83 Å². The minimum absolute atomic E-state index is 0.411. The van der Waals surface area contributed by atoms with E-state index in [-0.39, 0.29) is 0 Å². The third kappa shape index (κ3) is 2.44. The van der Waals surface area contributed by atoms with Crippen LogP contribution in [0.15, 0.2) is 36.7 Å². The fraction of sp³-hybridized carbons (Fsp3) is 0.409. The first-order valence-electron chi connectivity index (χ1n) is 9.95. The average Bonchev–Trinajstić information content (AvgIpc) is 3.36. The fourth-order valence-electron chi connectivity index (χ4n) is 5.32. The molecule has 0 saturated heterocycles. The molecule has 28 heavy (non-hydrogen) atoms. The molecular weight excluding hydrogens is 368 g/mol. The normalized spacial score (nSPS) is 20.2. The molecule has 2 saturated carbocycles. The van der Waals surface area contributed by atoms with E-state index in [0.29, 0.717) is 5.41 Å².